The van der Waals surface area contributed by atoms with E-state index in [4.69, 9.17) is 9.47 Å². The summed E-state index contributed by atoms with van der Waals surface area (Å²) in [4.78, 5) is 27.9. The maximum absolute atomic E-state index is 13.7. The van der Waals surface area contributed by atoms with Crippen LogP contribution in [0.5, 0.6) is 5.75 Å². The van der Waals surface area contributed by atoms with Gasteiger partial charge in [-0.3, -0.25) is 9.59 Å². The normalized spacial score (nSPS) is 17.0. The minimum atomic E-state index is -0.495. The van der Waals surface area contributed by atoms with Crippen molar-refractivity contribution in [1.82, 2.24) is 4.90 Å². The van der Waals surface area contributed by atoms with Crippen LogP contribution in [0.25, 0.3) is 5.57 Å². The number of carbonyl (C=O) groups excluding carboxylic acids is 2. The fraction of sp³-hybridized carbons (Fsp3) is 0.448. The maximum Gasteiger partial charge on any atom is 0.306 e. The summed E-state index contributed by atoms with van der Waals surface area (Å²) in [7, 11) is 1.65. The van der Waals surface area contributed by atoms with Crippen LogP contribution < -0.4 is 4.74 Å². The van der Waals surface area contributed by atoms with Gasteiger partial charge in [-0.1, -0.05) is 42.5 Å². The van der Waals surface area contributed by atoms with Crippen LogP contribution in [0.1, 0.15) is 71.4 Å². The summed E-state index contributed by atoms with van der Waals surface area (Å²) < 4.78 is 10.7. The highest BCUT2D eigenvalue weighted by atomic mass is 16.6. The van der Waals surface area contributed by atoms with Crippen LogP contribution in [0, 0.1) is 0 Å². The predicted octanol–water partition coefficient (Wildman–Crippen LogP) is 6.17. The largest absolute Gasteiger partial charge is 0.497 e. The van der Waals surface area contributed by atoms with E-state index >= 15 is 0 Å². The molecule has 2 aromatic rings. The lowest BCUT2D eigenvalue weighted by molar-refractivity contribution is -0.154. The zero-order valence-electron chi connectivity index (χ0n) is 21.3. The van der Waals surface area contributed by atoms with Crippen molar-refractivity contribution in [3.05, 3.63) is 71.3 Å². The van der Waals surface area contributed by atoms with Gasteiger partial charge in [0.15, 0.2) is 0 Å². The van der Waals surface area contributed by atoms with Crippen molar-refractivity contribution >= 4 is 17.4 Å². The number of rotatable bonds is 8. The highest BCUT2D eigenvalue weighted by molar-refractivity contribution is 6.04. The van der Waals surface area contributed by atoms with Gasteiger partial charge in [0.25, 0.3) is 5.91 Å². The molecule has 1 amide bonds. The van der Waals surface area contributed by atoms with E-state index < -0.39 is 5.60 Å². The Hall–Kier alpha value is -3.08. The third-order valence-electron chi connectivity index (χ3n) is 6.06. The van der Waals surface area contributed by atoms with E-state index in [9.17, 15) is 9.59 Å². The highest BCUT2D eigenvalue weighted by Crippen LogP contribution is 2.40. The summed E-state index contributed by atoms with van der Waals surface area (Å²) in [5.74, 6) is 0.661. The molecule has 0 atom stereocenters. The molecule has 1 aliphatic rings. The number of esters is 1. The Bertz CT molecular complexity index is 1030. The molecule has 1 heterocycles. The molecule has 182 valence electrons. The average Bonchev–Trinajstić information content (AvgIpc) is 3.00. The lowest BCUT2D eigenvalue weighted by Crippen LogP contribution is -2.40. The van der Waals surface area contributed by atoms with E-state index in [2.05, 4.69) is 13.8 Å². The van der Waals surface area contributed by atoms with Gasteiger partial charge in [-0.15, -0.1) is 0 Å². The fourth-order valence-electron chi connectivity index (χ4n) is 4.39. The molecule has 1 fully saturated rings. The fourth-order valence-corrected chi connectivity index (χ4v) is 4.39. The Morgan fingerprint density at radius 3 is 2.24 bits per heavy atom. The molecule has 2 aromatic carbocycles. The first-order valence-electron chi connectivity index (χ1n) is 11.9. The van der Waals surface area contributed by atoms with E-state index in [1.807, 2.05) is 80.3 Å². The molecule has 1 aliphatic heterocycles. The third kappa shape index (κ3) is 6.49. The first-order chi connectivity index (χ1) is 16.0. The van der Waals surface area contributed by atoms with E-state index in [0.717, 1.165) is 28.0 Å². The third-order valence-corrected chi connectivity index (χ3v) is 6.06. The maximum atomic E-state index is 13.7. The first-order valence-corrected chi connectivity index (χ1v) is 11.9. The van der Waals surface area contributed by atoms with Gasteiger partial charge < -0.3 is 14.4 Å². The number of hydrogen-bond donors (Lipinski definition) is 0. The lowest BCUT2D eigenvalue weighted by atomic mass is 9.90. The molecule has 0 bridgehead atoms. The SMILES string of the molecule is COc1ccc(CN2C(=O)/C(=C(/CCCC(=O)OC(C)(C)C)c3ccccc3)CC2(C)C)cc1. The minimum absolute atomic E-state index is 0.0666. The Kier molecular flexibility index (Phi) is 7.86. The van der Waals surface area contributed by atoms with Gasteiger partial charge in [-0.05, 0) is 76.3 Å². The molecule has 0 unspecified atom stereocenters. The summed E-state index contributed by atoms with van der Waals surface area (Å²) >= 11 is 0. The van der Waals surface area contributed by atoms with Crippen LogP contribution in [-0.2, 0) is 20.9 Å². The molecule has 0 radical (unpaired) electrons. The van der Waals surface area contributed by atoms with Gasteiger partial charge in [-0.25, -0.2) is 0 Å². The van der Waals surface area contributed by atoms with Gasteiger partial charge in [0, 0.05) is 30.5 Å². The smallest absolute Gasteiger partial charge is 0.306 e. The van der Waals surface area contributed by atoms with Crippen LogP contribution in [0.4, 0.5) is 0 Å². The van der Waals surface area contributed by atoms with Gasteiger partial charge >= 0.3 is 5.97 Å². The lowest BCUT2D eigenvalue weighted by Gasteiger charge is -2.31. The standard InChI is InChI=1S/C29H37NO4/c1-28(2,3)34-26(31)14-10-13-24(22-11-8-7-9-12-22)25-19-29(4,5)30(27(25)32)20-21-15-17-23(33-6)18-16-21/h7-9,11-12,15-18H,10,13-14,19-20H2,1-6H3/b25-24-. The van der Waals surface area contributed by atoms with Gasteiger partial charge in [-0.2, -0.15) is 0 Å². The molecular weight excluding hydrogens is 426 g/mol. The van der Waals surface area contributed by atoms with E-state index in [0.29, 0.717) is 32.2 Å². The number of amides is 1. The molecule has 1 saturated heterocycles. The zero-order valence-corrected chi connectivity index (χ0v) is 21.3. The van der Waals surface area contributed by atoms with Crippen LogP contribution in [-0.4, -0.2) is 35.0 Å². The van der Waals surface area contributed by atoms with Crippen molar-refractivity contribution in [2.75, 3.05) is 7.11 Å². The van der Waals surface area contributed by atoms with Crippen molar-refractivity contribution in [1.29, 1.82) is 0 Å². The topological polar surface area (TPSA) is 55.8 Å². The van der Waals surface area contributed by atoms with Crippen molar-refractivity contribution in [2.24, 2.45) is 0 Å². The number of methoxy groups -OCH3 is 1. The number of nitrogens with zero attached hydrogens (tertiary/aromatic N) is 1. The summed E-state index contributed by atoms with van der Waals surface area (Å²) in [6.07, 6.45) is 2.28. The Morgan fingerprint density at radius 2 is 1.65 bits per heavy atom. The van der Waals surface area contributed by atoms with Crippen molar-refractivity contribution < 1.29 is 19.1 Å². The van der Waals surface area contributed by atoms with Crippen molar-refractivity contribution in [3.8, 4) is 5.75 Å². The minimum Gasteiger partial charge on any atom is -0.497 e. The summed E-state index contributed by atoms with van der Waals surface area (Å²) in [5.41, 5.74) is 3.17. The van der Waals surface area contributed by atoms with Crippen molar-refractivity contribution in [2.45, 2.75) is 78.0 Å². The number of benzene rings is 2. The zero-order chi connectivity index (χ0) is 24.9. The molecule has 0 aliphatic carbocycles. The van der Waals surface area contributed by atoms with E-state index in [1.54, 1.807) is 7.11 Å². The van der Waals surface area contributed by atoms with Crippen molar-refractivity contribution in [3.63, 3.8) is 0 Å². The Balaban J connectivity index is 1.85. The molecule has 0 saturated carbocycles. The van der Waals surface area contributed by atoms with Gasteiger partial charge in [0.1, 0.15) is 11.4 Å². The molecule has 0 aromatic heterocycles. The predicted molar refractivity (Wildman–Crippen MR) is 135 cm³/mol. The Labute approximate surface area is 203 Å². The van der Waals surface area contributed by atoms with E-state index in [1.165, 1.54) is 0 Å². The average molecular weight is 464 g/mol. The highest BCUT2D eigenvalue weighted by Gasteiger charge is 2.42. The number of allylic oxidation sites excluding steroid dienone is 1. The number of hydrogen-bond acceptors (Lipinski definition) is 4. The van der Waals surface area contributed by atoms with Gasteiger partial charge in [0.2, 0.25) is 0 Å². The second-order valence-electron chi connectivity index (χ2n) is 10.5. The second-order valence-corrected chi connectivity index (χ2v) is 10.5. The molecule has 3 rings (SSSR count). The first kappa shape index (κ1) is 25.5. The monoisotopic (exact) mass is 463 g/mol. The van der Waals surface area contributed by atoms with Crippen LogP contribution in [0.15, 0.2) is 60.2 Å². The molecule has 0 spiro atoms. The van der Waals surface area contributed by atoms with Crippen LogP contribution in [0.2, 0.25) is 0 Å². The number of carbonyl (C=O) groups is 2. The van der Waals surface area contributed by atoms with E-state index in [-0.39, 0.29) is 17.4 Å². The number of likely N-dealkylation sites (tertiary alicyclic amines) is 1. The quantitative estimate of drug-likeness (QED) is 0.347. The second kappa shape index (κ2) is 10.5. The molecular formula is C29H37NO4. The van der Waals surface area contributed by atoms with Crippen LogP contribution in [0.3, 0.4) is 0 Å². The molecule has 5 nitrogen and oxygen atoms in total. The number of ether oxygens (including phenoxy) is 2. The Morgan fingerprint density at radius 1 is 1.00 bits per heavy atom. The molecule has 34 heavy (non-hydrogen) atoms. The van der Waals surface area contributed by atoms with Gasteiger partial charge in [0.05, 0.1) is 7.11 Å². The summed E-state index contributed by atoms with van der Waals surface area (Å²) in [6, 6.07) is 17.9. The summed E-state index contributed by atoms with van der Waals surface area (Å²) in [6.45, 7) is 10.4. The summed E-state index contributed by atoms with van der Waals surface area (Å²) in [5, 5.41) is 0. The van der Waals surface area contributed by atoms with Crippen LogP contribution >= 0.6 is 0 Å². The molecule has 5 heteroatoms. The molecule has 0 N–H and O–H groups in total.